The Bertz CT molecular complexity index is 2960. The molecule has 0 spiro atoms. The van der Waals surface area contributed by atoms with Crippen LogP contribution in [0.3, 0.4) is 0 Å². The van der Waals surface area contributed by atoms with Gasteiger partial charge in [0.15, 0.2) is 0 Å². The summed E-state index contributed by atoms with van der Waals surface area (Å²) in [4.78, 5) is 25.6. The molecule has 2 amide bonds. The summed E-state index contributed by atoms with van der Waals surface area (Å²) in [5.41, 5.74) is 11.0. The minimum Gasteiger partial charge on any atom is -0.489 e. The van der Waals surface area contributed by atoms with Crippen LogP contribution < -0.4 is 40.0 Å². The van der Waals surface area contributed by atoms with E-state index in [2.05, 4.69) is 15.4 Å². The number of anilines is 2. The van der Waals surface area contributed by atoms with E-state index < -0.39 is 37.4 Å². The number of hydrogen-bond donors (Lipinski definition) is 4. The zero-order chi connectivity index (χ0) is 55.3. The van der Waals surface area contributed by atoms with Crippen molar-refractivity contribution in [3.63, 3.8) is 0 Å². The van der Waals surface area contributed by atoms with Gasteiger partial charge >= 0.3 is 0 Å². The first-order valence-corrected chi connectivity index (χ1v) is 28.0. The molecule has 0 saturated heterocycles. The van der Waals surface area contributed by atoms with Gasteiger partial charge in [0, 0.05) is 50.2 Å². The molecular weight excluding hydrogens is 1090 g/mol. The Balaban J connectivity index is 0.000000462. The van der Waals surface area contributed by atoms with Crippen molar-refractivity contribution in [2.24, 2.45) is 5.73 Å². The third kappa shape index (κ3) is 24.5. The molecule has 0 aliphatic rings. The predicted molar refractivity (Wildman–Crippen MR) is 313 cm³/mol. The summed E-state index contributed by atoms with van der Waals surface area (Å²) in [6.07, 6.45) is 0.493. The molecule has 77 heavy (non-hydrogen) atoms. The molecule has 0 heterocycles. The summed E-state index contributed by atoms with van der Waals surface area (Å²) < 4.78 is 72.4. The maximum Gasteiger partial charge on any atom is 0.299 e. The van der Waals surface area contributed by atoms with Crippen molar-refractivity contribution in [1.29, 1.82) is 0 Å². The fourth-order valence-electron chi connectivity index (χ4n) is 6.30. The van der Waals surface area contributed by atoms with Crippen molar-refractivity contribution in [3.8, 4) is 23.0 Å². The first-order valence-electron chi connectivity index (χ1n) is 23.5. The van der Waals surface area contributed by atoms with Crippen LogP contribution in [0.4, 0.5) is 11.4 Å². The second-order valence-corrected chi connectivity index (χ2v) is 23.1. The molecule has 0 aliphatic heterocycles. The lowest BCUT2D eigenvalue weighted by atomic mass is 10.1. The minimum absolute atomic E-state index is 0. The monoisotopic (exact) mass is 1160 g/mol. The Hall–Kier alpha value is -5.93. The zero-order valence-corrected chi connectivity index (χ0v) is 46.9. The Morgan fingerprint density at radius 1 is 0.545 bits per heavy atom. The number of nitrogens with one attached hydrogen (secondary N) is 3. The third-order valence-corrected chi connectivity index (χ3v) is 14.1. The molecule has 0 radical (unpaired) electrons. The normalized spacial score (nSPS) is 11.8. The molecule has 6 rings (SSSR count). The van der Waals surface area contributed by atoms with Gasteiger partial charge in [-0.25, -0.2) is 0 Å². The first-order chi connectivity index (χ1) is 35.4. The van der Waals surface area contributed by atoms with Crippen molar-refractivity contribution in [3.05, 3.63) is 178 Å². The van der Waals surface area contributed by atoms with E-state index in [0.717, 1.165) is 36.6 Å². The van der Waals surface area contributed by atoms with Gasteiger partial charge in [-0.2, -0.15) is 30.2 Å². The number of benzene rings is 6. The maximum atomic E-state index is 13.2. The van der Waals surface area contributed by atoms with E-state index in [1.54, 1.807) is 60.7 Å². The van der Waals surface area contributed by atoms with Crippen molar-refractivity contribution in [2.45, 2.75) is 92.9 Å². The highest BCUT2D eigenvalue weighted by molar-refractivity contribution is 8.11. The van der Waals surface area contributed by atoms with Gasteiger partial charge in [-0.1, -0.05) is 123 Å². The van der Waals surface area contributed by atoms with E-state index in [1.807, 2.05) is 113 Å². The molecule has 420 valence electrons. The van der Waals surface area contributed by atoms with Crippen LogP contribution in [0.5, 0.6) is 23.0 Å². The van der Waals surface area contributed by atoms with Crippen LogP contribution in [0.1, 0.15) is 64.8 Å². The number of ether oxygens (including phenoxy) is 4. The van der Waals surface area contributed by atoms with Gasteiger partial charge in [0.25, 0.3) is 19.4 Å². The highest BCUT2D eigenvalue weighted by atomic mass is 35.7. The lowest BCUT2D eigenvalue weighted by Crippen LogP contribution is -2.49. The van der Waals surface area contributed by atoms with Crippen LogP contribution in [0.2, 0.25) is 10.0 Å². The second kappa shape index (κ2) is 32.7. The van der Waals surface area contributed by atoms with E-state index in [1.165, 1.54) is 28.2 Å². The maximum absolute atomic E-state index is 13.2. The molecule has 21 heteroatoms. The van der Waals surface area contributed by atoms with Crippen LogP contribution in [-0.4, -0.2) is 89.7 Å². The molecule has 6 aromatic carbocycles. The molecule has 16 nitrogen and oxygen atoms in total. The summed E-state index contributed by atoms with van der Waals surface area (Å²) in [5, 5.41) is 6.32. The average Bonchev–Trinajstić information content (AvgIpc) is 3.35. The average molecular weight is 1160 g/mol. The van der Waals surface area contributed by atoms with Crippen LogP contribution in [0.25, 0.3) is 0 Å². The van der Waals surface area contributed by atoms with Crippen molar-refractivity contribution in [2.75, 3.05) is 38.8 Å². The second-order valence-electron chi connectivity index (χ2n) is 17.6. The predicted octanol–water partition coefficient (Wildman–Crippen LogP) is 11.2. The number of nitrogens with two attached hydrogens (primary N) is 1. The lowest BCUT2D eigenvalue weighted by Gasteiger charge is -2.21. The van der Waals surface area contributed by atoms with E-state index in [-0.39, 0.29) is 39.4 Å². The van der Waals surface area contributed by atoms with E-state index in [9.17, 15) is 26.4 Å². The first kappa shape index (κ1) is 67.2. The molecule has 2 atom stereocenters. The van der Waals surface area contributed by atoms with E-state index in [4.69, 9.17) is 58.6 Å². The molecule has 2 unspecified atom stereocenters. The summed E-state index contributed by atoms with van der Waals surface area (Å²) >= 11 is 12.5. The Morgan fingerprint density at radius 2 is 0.922 bits per heavy atom. The topological polar surface area (TPSA) is 208 Å². The van der Waals surface area contributed by atoms with Gasteiger partial charge in [0.05, 0.1) is 28.3 Å². The number of carbonyl (C=O) groups is 2. The summed E-state index contributed by atoms with van der Waals surface area (Å²) in [6.45, 7) is 8.55. The number of rotatable bonds is 22. The molecule has 0 bridgehead atoms. The minimum atomic E-state index is -3.88. The molecule has 0 aromatic heterocycles. The standard InChI is InChI=1S/C27H32ClN3O5S.C25H27ClN2O3.C2H6ClNO2S.2CH4/c1-19(2)36-26-15-12-22(17-24(26)28)29-27(32)25(30-37(33,34)31(3)4)16-20-10-13-23(14-11-20)35-18-21-8-6-5-7-9-21;1-17(2)31-24-13-10-20(15-22(24)26)28-25(29)23(27)14-18-8-11-21(12-9-18)30-16-19-6-4-3-5-7-19;1-4(2)7(3,5)6;;/h5-15,17,19,25,30H,16,18H2,1-4H3,(H,29,32);3-13,15,17,23H,14,16,27H2,1-2H3,(H,28,29);1-2H3;2*1H4. The van der Waals surface area contributed by atoms with E-state index in [0.29, 0.717) is 58.3 Å². The van der Waals surface area contributed by atoms with Gasteiger partial charge in [0.2, 0.25) is 11.8 Å². The SMILES string of the molecule is C.C.CC(C)Oc1ccc(NC(=O)C(Cc2ccc(OCc3ccccc3)cc2)NS(=O)(=O)N(C)C)cc1Cl.CC(C)Oc1ccc(NC(=O)C(N)Cc2ccc(OCc3ccccc3)cc2)cc1Cl.CN(C)S(=O)(=O)Cl. The highest BCUT2D eigenvalue weighted by Crippen LogP contribution is 2.30. The highest BCUT2D eigenvalue weighted by Gasteiger charge is 2.27. The number of carbonyl (C=O) groups excluding carboxylic acids is 2. The van der Waals surface area contributed by atoms with Crippen LogP contribution in [0, 0.1) is 0 Å². The van der Waals surface area contributed by atoms with Crippen LogP contribution in [0.15, 0.2) is 146 Å². The fraction of sp³-hybridized carbons (Fsp3) is 0.321. The van der Waals surface area contributed by atoms with Gasteiger partial charge in [-0.3, -0.25) is 9.59 Å². The van der Waals surface area contributed by atoms with Gasteiger partial charge in [0.1, 0.15) is 42.3 Å². The number of nitrogens with zero attached hydrogens (tertiary/aromatic N) is 2. The molecule has 6 aromatic rings. The molecule has 0 aliphatic carbocycles. The summed E-state index contributed by atoms with van der Waals surface area (Å²) in [7, 11) is 2.96. The van der Waals surface area contributed by atoms with Crippen molar-refractivity contribution >= 4 is 76.5 Å². The Labute approximate surface area is 470 Å². The number of hydrogen-bond acceptors (Lipinski definition) is 11. The van der Waals surface area contributed by atoms with Gasteiger partial charge < -0.3 is 35.3 Å². The van der Waals surface area contributed by atoms with Crippen molar-refractivity contribution in [1.82, 2.24) is 13.3 Å². The summed E-state index contributed by atoms with van der Waals surface area (Å²) in [5.74, 6) is 1.70. The Kier molecular flexibility index (Phi) is 28.6. The van der Waals surface area contributed by atoms with Crippen molar-refractivity contribution < 1.29 is 45.4 Å². The zero-order valence-electron chi connectivity index (χ0n) is 43.0. The smallest absolute Gasteiger partial charge is 0.299 e. The molecule has 0 fully saturated rings. The molecule has 0 saturated carbocycles. The third-order valence-electron chi connectivity index (χ3n) is 10.2. The van der Waals surface area contributed by atoms with Gasteiger partial charge in [-0.15, -0.1) is 0 Å². The number of amides is 2. The van der Waals surface area contributed by atoms with Crippen LogP contribution in [-0.2, 0) is 55.1 Å². The quantitative estimate of drug-likeness (QED) is 0.0470. The fourth-order valence-corrected chi connectivity index (χ4v) is 7.51. The van der Waals surface area contributed by atoms with E-state index >= 15 is 0 Å². The summed E-state index contributed by atoms with van der Waals surface area (Å²) in [6, 6.07) is 42.8. The molecule has 5 N–H and O–H groups in total. The van der Waals surface area contributed by atoms with Gasteiger partial charge in [-0.05, 0) is 123 Å². The Morgan fingerprint density at radius 3 is 1.27 bits per heavy atom. The van der Waals surface area contributed by atoms with Crippen LogP contribution >= 0.6 is 33.9 Å². The largest absolute Gasteiger partial charge is 0.489 e. The number of halogens is 3. The lowest BCUT2D eigenvalue weighted by molar-refractivity contribution is -0.118. The molecular formula is C56H73Cl3N6O10S2.